The van der Waals surface area contributed by atoms with E-state index in [1.165, 1.54) is 45.3 Å². The number of fused-ring (bicyclic) bond motifs is 4. The number of phenols is 1. The molecule has 0 radical (unpaired) electrons. The number of phenolic OH excluding ortho intramolecular Hbond substituents is 1. The molecule has 2 atom stereocenters. The van der Waals surface area contributed by atoms with Crippen LogP contribution < -0.4 is 20.4 Å². The summed E-state index contributed by atoms with van der Waals surface area (Å²) < 4.78 is 0. The number of hydrogen-bond donors (Lipinski definition) is 3. The first-order chi connectivity index (χ1) is 26.7. The molecule has 0 bridgehead atoms. The molecule has 1 aromatic heterocycles. The number of imide groups is 2. The molecule has 5 fully saturated rings. The Bertz CT molecular complexity index is 2070. The molecule has 286 valence electrons. The van der Waals surface area contributed by atoms with Crippen molar-refractivity contribution in [3.63, 3.8) is 0 Å². The van der Waals surface area contributed by atoms with Crippen molar-refractivity contribution in [2.75, 3.05) is 80.6 Å². The van der Waals surface area contributed by atoms with E-state index in [4.69, 9.17) is 0 Å². The van der Waals surface area contributed by atoms with Gasteiger partial charge in [0.1, 0.15) is 11.8 Å². The van der Waals surface area contributed by atoms with Crippen molar-refractivity contribution in [3.05, 3.63) is 59.7 Å². The number of carbonyl (C=O) groups is 4. The van der Waals surface area contributed by atoms with Gasteiger partial charge in [-0.05, 0) is 93.4 Å². The second-order valence-corrected chi connectivity index (χ2v) is 17.0. The largest absolute Gasteiger partial charge is 0.507 e. The number of piperazine rings is 1. The second kappa shape index (κ2) is 13.3. The fraction of sp³-hybridized carbons (Fsp3) is 0.512. The van der Waals surface area contributed by atoms with Crippen molar-refractivity contribution in [3.8, 4) is 17.0 Å². The molecule has 3 aromatic rings. The summed E-state index contributed by atoms with van der Waals surface area (Å²) in [6.45, 7) is 10.5. The number of anilines is 3. The number of carbonyl (C=O) groups excluding carboxylic acids is 4. The minimum absolute atomic E-state index is 0.112. The highest BCUT2D eigenvalue weighted by molar-refractivity contribution is 6.23. The fourth-order valence-electron chi connectivity index (χ4n) is 10.6. The number of nitrogens with zero attached hydrogens (tertiary/aromatic N) is 7. The molecule has 1 saturated carbocycles. The zero-order valence-corrected chi connectivity index (χ0v) is 31.0. The molecule has 1 spiro atoms. The van der Waals surface area contributed by atoms with Crippen LogP contribution in [-0.4, -0.2) is 131 Å². The van der Waals surface area contributed by atoms with Gasteiger partial charge in [0.2, 0.25) is 11.8 Å². The molecule has 14 heteroatoms. The lowest BCUT2D eigenvalue weighted by atomic mass is 9.57. The molecular weight excluding hydrogens is 699 g/mol. The number of nitrogens with one attached hydrogen (secondary N) is 2. The molecule has 6 aliphatic heterocycles. The van der Waals surface area contributed by atoms with Crippen LogP contribution in [-0.2, 0) is 9.59 Å². The maximum Gasteiger partial charge on any atom is 0.262 e. The molecule has 7 heterocycles. The van der Waals surface area contributed by atoms with E-state index in [0.29, 0.717) is 33.8 Å². The highest BCUT2D eigenvalue weighted by Crippen LogP contribution is 2.53. The number of piperidine rings is 2. The van der Waals surface area contributed by atoms with Gasteiger partial charge in [-0.25, -0.2) is 0 Å². The Labute approximate surface area is 319 Å². The molecule has 14 nitrogen and oxygen atoms in total. The van der Waals surface area contributed by atoms with Crippen LogP contribution in [0.1, 0.15) is 59.2 Å². The van der Waals surface area contributed by atoms with E-state index in [-0.39, 0.29) is 24.5 Å². The molecule has 10 rings (SSSR count). The quantitative estimate of drug-likeness (QED) is 0.305. The predicted molar refractivity (Wildman–Crippen MR) is 205 cm³/mol. The van der Waals surface area contributed by atoms with E-state index in [2.05, 4.69) is 46.5 Å². The third-order valence-electron chi connectivity index (χ3n) is 13.4. The highest BCUT2D eigenvalue weighted by atomic mass is 16.3. The third kappa shape index (κ3) is 6.10. The van der Waals surface area contributed by atoms with Crippen LogP contribution >= 0.6 is 0 Å². The zero-order chi connectivity index (χ0) is 37.4. The van der Waals surface area contributed by atoms with E-state index in [1.54, 1.807) is 12.1 Å². The Hall–Kier alpha value is -5.08. The molecule has 55 heavy (non-hydrogen) atoms. The Morgan fingerprint density at radius 1 is 0.800 bits per heavy atom. The van der Waals surface area contributed by atoms with Crippen LogP contribution in [0.4, 0.5) is 17.2 Å². The summed E-state index contributed by atoms with van der Waals surface area (Å²) in [6, 6.07) is 14.2. The summed E-state index contributed by atoms with van der Waals surface area (Å²) in [7, 11) is 0. The molecule has 1 aliphatic carbocycles. The van der Waals surface area contributed by atoms with Crippen LogP contribution in [0.2, 0.25) is 0 Å². The van der Waals surface area contributed by atoms with Crippen molar-refractivity contribution in [2.45, 2.75) is 50.6 Å². The van der Waals surface area contributed by atoms with Gasteiger partial charge in [-0.1, -0.05) is 12.1 Å². The maximum absolute atomic E-state index is 13.3. The first kappa shape index (κ1) is 34.4. The fourth-order valence-corrected chi connectivity index (χ4v) is 10.6. The molecule has 1 unspecified atom stereocenters. The van der Waals surface area contributed by atoms with Gasteiger partial charge in [0, 0.05) is 75.4 Å². The van der Waals surface area contributed by atoms with Crippen LogP contribution in [0.3, 0.4) is 0 Å². The van der Waals surface area contributed by atoms with Gasteiger partial charge >= 0.3 is 0 Å². The third-order valence-corrected chi connectivity index (χ3v) is 13.4. The number of hydrogen-bond acceptors (Lipinski definition) is 12. The molecular formula is C41H47N9O5. The molecule has 2 aromatic carbocycles. The Balaban J connectivity index is 0.669. The van der Waals surface area contributed by atoms with Crippen molar-refractivity contribution in [1.82, 2.24) is 30.2 Å². The van der Waals surface area contributed by atoms with Crippen LogP contribution in [0.15, 0.2) is 48.5 Å². The number of aromatic hydroxyl groups is 1. The predicted octanol–water partition coefficient (Wildman–Crippen LogP) is 2.80. The number of rotatable bonds is 7. The van der Waals surface area contributed by atoms with Gasteiger partial charge in [0.15, 0.2) is 5.82 Å². The first-order valence-electron chi connectivity index (χ1n) is 19.9. The van der Waals surface area contributed by atoms with Crippen LogP contribution in [0.5, 0.6) is 5.75 Å². The molecule has 4 saturated heterocycles. The Kier molecular flexibility index (Phi) is 8.32. The summed E-state index contributed by atoms with van der Waals surface area (Å²) >= 11 is 0. The number of amides is 4. The summed E-state index contributed by atoms with van der Waals surface area (Å²) in [4.78, 5) is 61.6. The molecule has 3 N–H and O–H groups in total. The van der Waals surface area contributed by atoms with Gasteiger partial charge < -0.3 is 25.1 Å². The van der Waals surface area contributed by atoms with Crippen molar-refractivity contribution in [1.29, 1.82) is 0 Å². The van der Waals surface area contributed by atoms with E-state index < -0.39 is 23.8 Å². The lowest BCUT2D eigenvalue weighted by molar-refractivity contribution is -0.136. The average Bonchev–Trinajstić information content (AvgIpc) is 3.40. The summed E-state index contributed by atoms with van der Waals surface area (Å²) in [5.41, 5.74) is 4.42. The summed E-state index contributed by atoms with van der Waals surface area (Å²) in [6.07, 6.45) is 5.23. The van der Waals surface area contributed by atoms with Crippen molar-refractivity contribution in [2.24, 2.45) is 17.3 Å². The Morgan fingerprint density at radius 3 is 2.38 bits per heavy atom. The lowest BCUT2D eigenvalue weighted by Gasteiger charge is -2.60. The number of para-hydroxylation sites is 1. The van der Waals surface area contributed by atoms with Crippen LogP contribution in [0, 0.1) is 17.3 Å². The molecule has 4 amide bonds. The molecule has 7 aliphatic rings. The number of benzene rings is 2. The van der Waals surface area contributed by atoms with Gasteiger partial charge in [-0.3, -0.25) is 34.3 Å². The summed E-state index contributed by atoms with van der Waals surface area (Å²) in [5, 5.41) is 25.0. The van der Waals surface area contributed by atoms with Gasteiger partial charge in [0.25, 0.3) is 11.8 Å². The van der Waals surface area contributed by atoms with Gasteiger partial charge in [-0.2, -0.15) is 0 Å². The Morgan fingerprint density at radius 2 is 1.58 bits per heavy atom. The van der Waals surface area contributed by atoms with E-state index in [9.17, 15) is 24.3 Å². The topological polar surface area (TPSA) is 155 Å². The van der Waals surface area contributed by atoms with Crippen molar-refractivity contribution >= 4 is 40.8 Å². The van der Waals surface area contributed by atoms with E-state index >= 15 is 0 Å². The number of likely N-dealkylation sites (tertiary alicyclic amines) is 1. The SMILES string of the molecule is O=C1CCC(N2C(=O)c3ccc(N4CC5(CC(CN6CCC(CN7CCN8c9cc(-c%10ccccc%10O)nnc9NC[C@H]8C7)CC6)C5)C4)cc3C2=O)C(=O)N1. The first-order valence-corrected chi connectivity index (χ1v) is 19.9. The smallest absolute Gasteiger partial charge is 0.262 e. The van der Waals surface area contributed by atoms with E-state index in [0.717, 1.165) is 79.7 Å². The minimum Gasteiger partial charge on any atom is -0.507 e. The van der Waals surface area contributed by atoms with Gasteiger partial charge in [-0.15, -0.1) is 10.2 Å². The minimum atomic E-state index is -0.946. The summed E-state index contributed by atoms with van der Waals surface area (Å²) in [5.74, 6) is 0.612. The van der Waals surface area contributed by atoms with E-state index in [1.807, 2.05) is 30.3 Å². The maximum atomic E-state index is 13.3. The monoisotopic (exact) mass is 745 g/mol. The number of aromatic nitrogens is 2. The standard InChI is InChI=1S/C41H47N9O5/c51-35-4-2-1-3-30(35)32-16-34-37(45-44-32)42-19-28-22-47(13-14-49(28)34)20-25-9-11-46(12-10-25)21-26-17-41(18-26)23-48(24-41)27-5-6-29-31(15-27)40(55)50(39(29)54)33-7-8-36(52)43-38(33)53/h1-6,15-16,25-26,28,33,51H,7-14,17-24H2,(H,42,45)(H,43,52,53)/t28-,33?/m0/s1. The van der Waals surface area contributed by atoms with Crippen LogP contribution in [0.25, 0.3) is 11.3 Å². The van der Waals surface area contributed by atoms with Crippen molar-refractivity contribution < 1.29 is 24.3 Å². The van der Waals surface area contributed by atoms with Gasteiger partial charge in [0.05, 0.1) is 28.6 Å². The second-order valence-electron chi connectivity index (χ2n) is 17.0. The normalized spacial score (nSPS) is 25.6. The lowest BCUT2D eigenvalue weighted by Crippen LogP contribution is -2.63. The average molecular weight is 746 g/mol. The zero-order valence-electron chi connectivity index (χ0n) is 31.0. The highest BCUT2D eigenvalue weighted by Gasteiger charge is 2.53.